The number of fused-ring (bicyclic) bond motifs is 2. The molecule has 0 radical (unpaired) electrons. The standard InChI is InChI=1S/C24H24N8OS/c1-2-17-14-18(3-4-20(17)25-6-1)28-24-29-22(26-7-8-31-9-11-33-12-10-31)21-23(30-24)32(16-27-21)19-5-13-34-15-19/h1-6,13-16H,7-12H2,(H2,26,28,29,30). The van der Waals surface area contributed by atoms with E-state index in [2.05, 4.69) is 43.0 Å². The highest BCUT2D eigenvalue weighted by molar-refractivity contribution is 7.08. The number of benzene rings is 1. The van der Waals surface area contributed by atoms with Crippen molar-refractivity contribution in [2.75, 3.05) is 50.0 Å². The summed E-state index contributed by atoms with van der Waals surface area (Å²) in [6.07, 6.45) is 3.60. The first-order valence-electron chi connectivity index (χ1n) is 11.3. The molecule has 1 aliphatic heterocycles. The Bertz CT molecular complexity index is 1410. The van der Waals surface area contributed by atoms with E-state index in [1.165, 1.54) is 0 Å². The lowest BCUT2D eigenvalue weighted by molar-refractivity contribution is 0.0398. The van der Waals surface area contributed by atoms with Gasteiger partial charge < -0.3 is 15.4 Å². The second-order valence-corrected chi connectivity index (χ2v) is 8.86. The molecule has 4 aromatic heterocycles. The highest BCUT2D eigenvalue weighted by atomic mass is 32.1. The minimum absolute atomic E-state index is 0.515. The molecule has 0 saturated carbocycles. The van der Waals surface area contributed by atoms with E-state index < -0.39 is 0 Å². The summed E-state index contributed by atoms with van der Waals surface area (Å²) in [5.74, 6) is 1.23. The van der Waals surface area contributed by atoms with Gasteiger partial charge in [0.2, 0.25) is 5.95 Å². The molecule has 34 heavy (non-hydrogen) atoms. The number of nitrogens with one attached hydrogen (secondary N) is 2. The van der Waals surface area contributed by atoms with E-state index in [-0.39, 0.29) is 0 Å². The third kappa shape index (κ3) is 4.30. The molecule has 5 aromatic rings. The molecule has 9 nitrogen and oxygen atoms in total. The average Bonchev–Trinajstić information content (AvgIpc) is 3.55. The van der Waals surface area contributed by atoms with Gasteiger partial charge in [0.25, 0.3) is 0 Å². The SMILES string of the molecule is c1cnc2ccc(Nc3nc(NCCN4CCOCC4)c4ncn(-c5ccsc5)c4n3)cc2c1. The van der Waals surface area contributed by atoms with E-state index in [0.29, 0.717) is 5.95 Å². The quantitative estimate of drug-likeness (QED) is 0.368. The van der Waals surface area contributed by atoms with Gasteiger partial charge >= 0.3 is 0 Å². The fourth-order valence-corrected chi connectivity index (χ4v) is 4.73. The number of hydrogen-bond acceptors (Lipinski definition) is 9. The molecular weight excluding hydrogens is 448 g/mol. The summed E-state index contributed by atoms with van der Waals surface area (Å²) in [5.41, 5.74) is 4.40. The molecule has 1 fully saturated rings. The van der Waals surface area contributed by atoms with Crippen LogP contribution in [0.1, 0.15) is 0 Å². The number of morpholine rings is 1. The minimum atomic E-state index is 0.515. The molecule has 1 saturated heterocycles. The van der Waals surface area contributed by atoms with E-state index in [0.717, 1.165) is 78.7 Å². The molecule has 0 amide bonds. The molecule has 0 aliphatic carbocycles. The van der Waals surface area contributed by atoms with Gasteiger partial charge in [-0.2, -0.15) is 21.3 Å². The second kappa shape index (κ2) is 9.34. The van der Waals surface area contributed by atoms with Gasteiger partial charge in [-0.3, -0.25) is 14.5 Å². The Kier molecular flexibility index (Phi) is 5.76. The van der Waals surface area contributed by atoms with Crippen molar-refractivity contribution in [1.82, 2.24) is 29.4 Å². The number of thiophene rings is 1. The molecule has 0 unspecified atom stereocenters. The van der Waals surface area contributed by atoms with E-state index in [9.17, 15) is 0 Å². The number of anilines is 3. The second-order valence-electron chi connectivity index (χ2n) is 8.08. The molecule has 172 valence electrons. The minimum Gasteiger partial charge on any atom is -0.379 e. The van der Waals surface area contributed by atoms with Crippen LogP contribution in [0.25, 0.3) is 27.8 Å². The van der Waals surface area contributed by atoms with Gasteiger partial charge in [0.1, 0.15) is 6.33 Å². The first kappa shape index (κ1) is 21.0. The lowest BCUT2D eigenvalue weighted by Crippen LogP contribution is -2.39. The van der Waals surface area contributed by atoms with E-state index in [4.69, 9.17) is 14.7 Å². The van der Waals surface area contributed by atoms with Crippen molar-refractivity contribution in [3.63, 3.8) is 0 Å². The van der Waals surface area contributed by atoms with Crippen molar-refractivity contribution in [2.45, 2.75) is 0 Å². The van der Waals surface area contributed by atoms with Crippen LogP contribution in [0.3, 0.4) is 0 Å². The van der Waals surface area contributed by atoms with E-state index in [1.807, 2.05) is 34.2 Å². The van der Waals surface area contributed by atoms with Crippen molar-refractivity contribution < 1.29 is 4.74 Å². The molecule has 6 rings (SSSR count). The van der Waals surface area contributed by atoms with Crippen molar-refractivity contribution in [1.29, 1.82) is 0 Å². The summed E-state index contributed by atoms with van der Waals surface area (Å²) < 4.78 is 7.45. The number of rotatable bonds is 7. The zero-order chi connectivity index (χ0) is 22.7. The normalized spacial score (nSPS) is 14.6. The summed E-state index contributed by atoms with van der Waals surface area (Å²) in [6, 6.07) is 12.1. The zero-order valence-corrected chi connectivity index (χ0v) is 19.3. The van der Waals surface area contributed by atoms with Crippen molar-refractivity contribution in [3.8, 4) is 5.69 Å². The van der Waals surface area contributed by atoms with Crippen LogP contribution in [0, 0.1) is 0 Å². The fraction of sp³-hybridized carbons (Fsp3) is 0.250. The maximum absolute atomic E-state index is 5.45. The number of imidazole rings is 1. The van der Waals surface area contributed by atoms with Crippen LogP contribution in [0.5, 0.6) is 0 Å². The van der Waals surface area contributed by atoms with Gasteiger partial charge in [-0.05, 0) is 35.7 Å². The predicted molar refractivity (Wildman–Crippen MR) is 135 cm³/mol. The van der Waals surface area contributed by atoms with Gasteiger partial charge in [-0.25, -0.2) is 4.98 Å². The first-order valence-corrected chi connectivity index (χ1v) is 12.2. The van der Waals surface area contributed by atoms with Crippen LogP contribution in [-0.4, -0.2) is 68.8 Å². The molecule has 0 spiro atoms. The van der Waals surface area contributed by atoms with Crippen LogP contribution in [-0.2, 0) is 4.74 Å². The van der Waals surface area contributed by atoms with Crippen LogP contribution >= 0.6 is 11.3 Å². The Morgan fingerprint density at radius 2 is 2.00 bits per heavy atom. The topological polar surface area (TPSA) is 93.0 Å². The van der Waals surface area contributed by atoms with Crippen molar-refractivity contribution in [3.05, 3.63) is 59.7 Å². The summed E-state index contributed by atoms with van der Waals surface area (Å²) in [6.45, 7) is 5.17. The Balaban J connectivity index is 1.32. The van der Waals surface area contributed by atoms with Crippen LogP contribution in [0.4, 0.5) is 17.5 Å². The number of ether oxygens (including phenoxy) is 1. The van der Waals surface area contributed by atoms with Gasteiger partial charge in [-0.15, -0.1) is 0 Å². The molecule has 10 heteroatoms. The lowest BCUT2D eigenvalue weighted by Gasteiger charge is -2.26. The number of aromatic nitrogens is 5. The van der Waals surface area contributed by atoms with E-state index in [1.54, 1.807) is 23.9 Å². The largest absolute Gasteiger partial charge is 0.379 e. The van der Waals surface area contributed by atoms with Crippen LogP contribution in [0.2, 0.25) is 0 Å². The molecule has 0 atom stereocenters. The highest BCUT2D eigenvalue weighted by Gasteiger charge is 2.16. The summed E-state index contributed by atoms with van der Waals surface area (Å²) in [7, 11) is 0. The third-order valence-corrected chi connectivity index (χ3v) is 6.53. The summed E-state index contributed by atoms with van der Waals surface area (Å²) in [5, 5.41) is 12.1. The molecule has 1 aliphatic rings. The number of pyridine rings is 1. The zero-order valence-electron chi connectivity index (χ0n) is 18.5. The molecule has 1 aromatic carbocycles. The van der Waals surface area contributed by atoms with Crippen molar-refractivity contribution >= 4 is 50.9 Å². The molecule has 0 bridgehead atoms. The van der Waals surface area contributed by atoms with Gasteiger partial charge in [0.05, 0.1) is 24.4 Å². The smallest absolute Gasteiger partial charge is 0.231 e. The maximum Gasteiger partial charge on any atom is 0.231 e. The van der Waals surface area contributed by atoms with Gasteiger partial charge in [0, 0.05) is 48.8 Å². The number of hydrogen-bond donors (Lipinski definition) is 2. The predicted octanol–water partition coefficient (Wildman–Crippen LogP) is 3.91. The van der Waals surface area contributed by atoms with Crippen molar-refractivity contribution in [2.24, 2.45) is 0 Å². The van der Waals surface area contributed by atoms with E-state index >= 15 is 0 Å². The van der Waals surface area contributed by atoms with Gasteiger partial charge in [-0.1, -0.05) is 6.07 Å². The highest BCUT2D eigenvalue weighted by Crippen LogP contribution is 2.26. The average molecular weight is 473 g/mol. The molecular formula is C24H24N8OS. The Morgan fingerprint density at radius 1 is 1.06 bits per heavy atom. The monoisotopic (exact) mass is 472 g/mol. The fourth-order valence-electron chi connectivity index (χ4n) is 4.10. The lowest BCUT2D eigenvalue weighted by atomic mass is 10.2. The van der Waals surface area contributed by atoms with Crippen LogP contribution in [0.15, 0.2) is 59.7 Å². The Hall–Kier alpha value is -3.60. The molecule has 2 N–H and O–H groups in total. The van der Waals surface area contributed by atoms with Gasteiger partial charge in [0.15, 0.2) is 17.0 Å². The Morgan fingerprint density at radius 3 is 2.88 bits per heavy atom. The maximum atomic E-state index is 5.45. The first-order chi connectivity index (χ1) is 16.8. The van der Waals surface area contributed by atoms with Crippen LogP contribution < -0.4 is 10.6 Å². The molecule has 5 heterocycles. The Labute approximate surface area is 200 Å². The third-order valence-electron chi connectivity index (χ3n) is 5.86. The number of nitrogens with zero attached hydrogens (tertiary/aromatic N) is 6. The summed E-state index contributed by atoms with van der Waals surface area (Å²) in [4.78, 5) is 21.0. The summed E-state index contributed by atoms with van der Waals surface area (Å²) >= 11 is 1.64.